The fraction of sp³-hybridized carbons (Fsp3) is 0.750. The van der Waals surface area contributed by atoms with Gasteiger partial charge in [-0.15, -0.1) is 0 Å². The zero-order valence-corrected chi connectivity index (χ0v) is 9.01. The Kier molecular flexibility index (Phi) is 19.8. The minimum atomic E-state index is -0.833. The van der Waals surface area contributed by atoms with E-state index in [1.807, 2.05) is 0 Å². The molecule has 0 aromatic heterocycles. The van der Waals surface area contributed by atoms with Crippen molar-refractivity contribution in [3.05, 3.63) is 0 Å². The van der Waals surface area contributed by atoms with Gasteiger partial charge >= 0.3 is 0 Å². The van der Waals surface area contributed by atoms with Gasteiger partial charge in [-0.3, -0.25) is 9.59 Å². The fourth-order valence-electron chi connectivity index (χ4n) is 0.245. The van der Waals surface area contributed by atoms with Gasteiger partial charge in [-0.25, -0.2) is 0 Å². The largest absolute Gasteiger partial charge is 0.481 e. The third kappa shape index (κ3) is 103. The second kappa shape index (κ2) is 15.3. The molecule has 4 N–H and O–H groups in total. The van der Waals surface area contributed by atoms with Gasteiger partial charge < -0.3 is 25.2 Å². The molecule has 0 spiro atoms. The molecule has 1 atom stereocenters. The van der Waals surface area contributed by atoms with Crippen LogP contribution in [0.3, 0.4) is 0 Å². The van der Waals surface area contributed by atoms with Gasteiger partial charge in [0.25, 0.3) is 11.9 Å². The van der Waals surface area contributed by atoms with Crippen molar-refractivity contribution in [3.8, 4) is 0 Å². The zero-order chi connectivity index (χ0) is 12.9. The average Bonchev–Trinajstić information content (AvgIpc) is 2.02. The summed E-state index contributed by atoms with van der Waals surface area (Å²) in [6.45, 7) is 2.14. The van der Waals surface area contributed by atoms with Crippen LogP contribution in [-0.4, -0.2) is 58.8 Å². The van der Waals surface area contributed by atoms with Crippen LogP contribution in [0, 0.1) is 0 Å². The van der Waals surface area contributed by atoms with E-state index in [2.05, 4.69) is 4.74 Å². The van der Waals surface area contributed by atoms with Crippen molar-refractivity contribution in [2.24, 2.45) is 0 Å². The normalized spacial score (nSPS) is 9.93. The molecular formula is C8H18O7. The Morgan fingerprint density at radius 2 is 1.47 bits per heavy atom. The summed E-state index contributed by atoms with van der Waals surface area (Å²) in [5.41, 5.74) is 0. The number of methoxy groups -OCH3 is 1. The van der Waals surface area contributed by atoms with Crippen molar-refractivity contribution in [1.82, 2.24) is 0 Å². The first-order valence-electron chi connectivity index (χ1n) is 3.94. The van der Waals surface area contributed by atoms with Crippen LogP contribution in [-0.2, 0) is 14.3 Å². The van der Waals surface area contributed by atoms with Crippen molar-refractivity contribution in [1.29, 1.82) is 0 Å². The molecular weight excluding hydrogens is 208 g/mol. The molecule has 0 rings (SSSR count). The molecule has 0 radical (unpaired) electrons. The van der Waals surface area contributed by atoms with Crippen LogP contribution in [0.4, 0.5) is 0 Å². The first-order chi connectivity index (χ1) is 6.77. The minimum absolute atomic E-state index is 0.205. The summed E-state index contributed by atoms with van der Waals surface area (Å²) >= 11 is 0. The molecule has 0 aromatic rings. The monoisotopic (exact) mass is 226 g/mol. The lowest BCUT2D eigenvalue weighted by molar-refractivity contribution is -0.135. The number of carboxylic acids is 2. The molecule has 0 aliphatic heterocycles. The molecule has 0 aliphatic rings. The SMILES string of the molecule is CC(=O)O.CC(=O)O.COCC(O)CO. The van der Waals surface area contributed by atoms with Gasteiger partial charge in [0.15, 0.2) is 0 Å². The van der Waals surface area contributed by atoms with Crippen LogP contribution in [0.2, 0.25) is 0 Å². The number of rotatable bonds is 3. The molecule has 92 valence electrons. The number of hydrogen-bond donors (Lipinski definition) is 4. The second-order valence-corrected chi connectivity index (χ2v) is 2.33. The van der Waals surface area contributed by atoms with Crippen LogP contribution in [0.5, 0.6) is 0 Å². The Morgan fingerprint density at radius 1 is 1.20 bits per heavy atom. The molecule has 7 nitrogen and oxygen atoms in total. The number of aliphatic carboxylic acids is 2. The molecule has 0 fully saturated rings. The van der Waals surface area contributed by atoms with E-state index in [-0.39, 0.29) is 13.2 Å². The number of carbonyl (C=O) groups is 2. The Labute approximate surface area is 87.9 Å². The molecule has 15 heavy (non-hydrogen) atoms. The van der Waals surface area contributed by atoms with Gasteiger partial charge in [-0.05, 0) is 0 Å². The fourth-order valence-corrected chi connectivity index (χ4v) is 0.245. The highest BCUT2D eigenvalue weighted by molar-refractivity contribution is 5.63. The molecule has 0 aliphatic carbocycles. The van der Waals surface area contributed by atoms with Crippen LogP contribution in [0.15, 0.2) is 0 Å². The van der Waals surface area contributed by atoms with E-state index < -0.39 is 18.0 Å². The summed E-state index contributed by atoms with van der Waals surface area (Å²) in [5.74, 6) is -1.67. The third-order valence-corrected chi connectivity index (χ3v) is 0.570. The zero-order valence-electron chi connectivity index (χ0n) is 9.01. The maximum atomic E-state index is 9.00. The van der Waals surface area contributed by atoms with Crippen LogP contribution < -0.4 is 0 Å². The quantitative estimate of drug-likeness (QED) is 0.495. The van der Waals surface area contributed by atoms with E-state index in [9.17, 15) is 0 Å². The number of ether oxygens (including phenoxy) is 1. The second-order valence-electron chi connectivity index (χ2n) is 2.33. The van der Waals surface area contributed by atoms with Crippen molar-refractivity contribution in [2.45, 2.75) is 20.0 Å². The Morgan fingerprint density at radius 3 is 1.53 bits per heavy atom. The lowest BCUT2D eigenvalue weighted by Gasteiger charge is -2.01. The summed E-state index contributed by atoms with van der Waals surface area (Å²) in [5, 5.41) is 31.5. The number of carboxylic acid groups (broad SMARTS) is 2. The smallest absolute Gasteiger partial charge is 0.300 e. The lowest BCUT2D eigenvalue weighted by atomic mass is 10.4. The summed E-state index contributed by atoms with van der Waals surface area (Å²) in [4.78, 5) is 18.0. The molecule has 0 saturated carbocycles. The third-order valence-electron chi connectivity index (χ3n) is 0.570. The van der Waals surface area contributed by atoms with E-state index in [4.69, 9.17) is 30.0 Å². The predicted octanol–water partition coefficient (Wildman–Crippen LogP) is -0.832. The maximum Gasteiger partial charge on any atom is 0.300 e. The van der Waals surface area contributed by atoms with Gasteiger partial charge in [0, 0.05) is 21.0 Å². The maximum absolute atomic E-state index is 9.00. The Bertz CT molecular complexity index is 137. The van der Waals surface area contributed by atoms with Crippen molar-refractivity contribution < 1.29 is 34.8 Å². The first-order valence-corrected chi connectivity index (χ1v) is 3.94. The molecule has 0 saturated heterocycles. The molecule has 0 bridgehead atoms. The standard InChI is InChI=1S/C4H10O3.2C2H4O2/c1-7-3-4(6)2-5;2*1-2(3)4/h4-6H,2-3H2,1H3;2*1H3,(H,3,4). The number of aliphatic hydroxyl groups is 2. The van der Waals surface area contributed by atoms with Gasteiger partial charge in [-0.1, -0.05) is 0 Å². The van der Waals surface area contributed by atoms with E-state index in [1.54, 1.807) is 0 Å². The van der Waals surface area contributed by atoms with E-state index in [0.29, 0.717) is 0 Å². The van der Waals surface area contributed by atoms with Crippen LogP contribution in [0.25, 0.3) is 0 Å². The van der Waals surface area contributed by atoms with Crippen LogP contribution >= 0.6 is 0 Å². The highest BCUT2D eigenvalue weighted by Gasteiger charge is 1.96. The van der Waals surface area contributed by atoms with E-state index in [1.165, 1.54) is 7.11 Å². The highest BCUT2D eigenvalue weighted by atomic mass is 16.5. The number of aliphatic hydroxyl groups excluding tert-OH is 2. The molecule has 0 amide bonds. The van der Waals surface area contributed by atoms with Gasteiger partial charge in [0.2, 0.25) is 0 Å². The lowest BCUT2D eigenvalue weighted by Crippen LogP contribution is -2.17. The molecule has 0 heterocycles. The van der Waals surface area contributed by atoms with Crippen molar-refractivity contribution in [3.63, 3.8) is 0 Å². The van der Waals surface area contributed by atoms with E-state index in [0.717, 1.165) is 13.8 Å². The summed E-state index contributed by atoms with van der Waals surface area (Å²) in [6.07, 6.45) is -0.718. The predicted molar refractivity (Wildman–Crippen MR) is 51.6 cm³/mol. The highest BCUT2D eigenvalue weighted by Crippen LogP contribution is 1.77. The Hall–Kier alpha value is -1.18. The summed E-state index contributed by atoms with van der Waals surface area (Å²) in [6, 6.07) is 0. The van der Waals surface area contributed by atoms with Gasteiger partial charge in [0.05, 0.1) is 13.2 Å². The first kappa shape index (κ1) is 19.4. The molecule has 1 unspecified atom stereocenters. The average molecular weight is 226 g/mol. The van der Waals surface area contributed by atoms with Gasteiger partial charge in [0.1, 0.15) is 6.10 Å². The van der Waals surface area contributed by atoms with Gasteiger partial charge in [-0.2, -0.15) is 0 Å². The van der Waals surface area contributed by atoms with Crippen molar-refractivity contribution in [2.75, 3.05) is 20.3 Å². The summed E-state index contributed by atoms with van der Waals surface area (Å²) < 4.78 is 4.48. The molecule has 0 aromatic carbocycles. The minimum Gasteiger partial charge on any atom is -0.481 e. The van der Waals surface area contributed by atoms with E-state index >= 15 is 0 Å². The Balaban J connectivity index is -0.000000155. The topological polar surface area (TPSA) is 124 Å². The number of hydrogen-bond acceptors (Lipinski definition) is 5. The summed E-state index contributed by atoms with van der Waals surface area (Å²) in [7, 11) is 1.47. The van der Waals surface area contributed by atoms with Crippen molar-refractivity contribution >= 4 is 11.9 Å². The molecule has 7 heteroatoms. The van der Waals surface area contributed by atoms with Crippen LogP contribution in [0.1, 0.15) is 13.8 Å².